The highest BCUT2D eigenvalue weighted by Crippen LogP contribution is 2.34. The average Bonchev–Trinajstić information content (AvgIpc) is 3.20. The van der Waals surface area contributed by atoms with E-state index in [1.54, 1.807) is 11.3 Å². The lowest BCUT2D eigenvalue weighted by Crippen LogP contribution is -2.44. The maximum Gasteiger partial charge on any atom is 0.237 e. The molecule has 0 aliphatic carbocycles. The van der Waals surface area contributed by atoms with E-state index in [9.17, 15) is 4.79 Å². The van der Waals surface area contributed by atoms with Crippen molar-refractivity contribution < 1.29 is 4.79 Å². The molecule has 3 heterocycles. The summed E-state index contributed by atoms with van der Waals surface area (Å²) in [5.74, 6) is 0.314. The van der Waals surface area contributed by atoms with E-state index in [0.717, 1.165) is 32.5 Å². The standard InChI is InChI=1S/C16H25N3OS/c1-17-11-13-5-2-8-18(13)12-16(20)19-9-3-6-14(19)15-7-4-10-21-15/h4,7,10,13-14,17H,2-3,5-6,8-9,11-12H2,1H3. The molecule has 0 spiro atoms. The van der Waals surface area contributed by atoms with E-state index in [4.69, 9.17) is 0 Å². The van der Waals surface area contributed by atoms with Gasteiger partial charge in [0.2, 0.25) is 5.91 Å². The van der Waals surface area contributed by atoms with Gasteiger partial charge in [-0.2, -0.15) is 0 Å². The maximum absolute atomic E-state index is 12.7. The van der Waals surface area contributed by atoms with Crippen molar-refractivity contribution in [1.82, 2.24) is 15.1 Å². The van der Waals surface area contributed by atoms with Crippen LogP contribution >= 0.6 is 11.3 Å². The molecule has 0 bridgehead atoms. The van der Waals surface area contributed by atoms with Crippen LogP contribution in [0, 0.1) is 0 Å². The highest BCUT2D eigenvalue weighted by Gasteiger charge is 2.33. The molecule has 0 radical (unpaired) electrons. The fraction of sp³-hybridized carbons (Fsp3) is 0.688. The molecule has 2 aliphatic heterocycles. The number of amides is 1. The largest absolute Gasteiger partial charge is 0.334 e. The molecule has 1 aromatic heterocycles. The molecule has 1 amide bonds. The smallest absolute Gasteiger partial charge is 0.237 e. The zero-order chi connectivity index (χ0) is 14.7. The van der Waals surface area contributed by atoms with Crippen molar-refractivity contribution in [1.29, 1.82) is 0 Å². The van der Waals surface area contributed by atoms with E-state index in [-0.39, 0.29) is 0 Å². The molecule has 0 saturated carbocycles. The minimum Gasteiger partial charge on any atom is -0.334 e. The Hall–Kier alpha value is -0.910. The van der Waals surface area contributed by atoms with Gasteiger partial charge in [0, 0.05) is 24.0 Å². The number of carbonyl (C=O) groups is 1. The van der Waals surface area contributed by atoms with Crippen LogP contribution in [0.5, 0.6) is 0 Å². The number of likely N-dealkylation sites (tertiary alicyclic amines) is 2. The molecule has 2 aliphatic rings. The normalized spacial score (nSPS) is 26.6. The van der Waals surface area contributed by atoms with Crippen LogP contribution < -0.4 is 5.32 Å². The van der Waals surface area contributed by atoms with Gasteiger partial charge in [-0.05, 0) is 50.7 Å². The summed E-state index contributed by atoms with van der Waals surface area (Å²) in [6.07, 6.45) is 4.68. The van der Waals surface area contributed by atoms with E-state index >= 15 is 0 Å². The zero-order valence-electron chi connectivity index (χ0n) is 12.8. The van der Waals surface area contributed by atoms with Crippen molar-refractivity contribution in [3.05, 3.63) is 22.4 Å². The fourth-order valence-electron chi connectivity index (χ4n) is 3.68. The number of hydrogen-bond acceptors (Lipinski definition) is 4. The van der Waals surface area contributed by atoms with Gasteiger partial charge in [-0.25, -0.2) is 0 Å². The van der Waals surface area contributed by atoms with Gasteiger partial charge in [0.1, 0.15) is 0 Å². The van der Waals surface area contributed by atoms with Gasteiger partial charge >= 0.3 is 0 Å². The Balaban J connectivity index is 1.62. The Labute approximate surface area is 131 Å². The molecular weight excluding hydrogens is 282 g/mol. The van der Waals surface area contributed by atoms with Gasteiger partial charge < -0.3 is 10.2 Å². The Bertz CT molecular complexity index is 462. The number of nitrogens with zero attached hydrogens (tertiary/aromatic N) is 2. The summed E-state index contributed by atoms with van der Waals surface area (Å²) in [6.45, 7) is 3.57. The van der Waals surface area contributed by atoms with Crippen molar-refractivity contribution in [2.24, 2.45) is 0 Å². The van der Waals surface area contributed by atoms with Crippen LogP contribution in [0.15, 0.2) is 17.5 Å². The van der Waals surface area contributed by atoms with Crippen molar-refractivity contribution >= 4 is 17.2 Å². The van der Waals surface area contributed by atoms with Crippen LogP contribution in [0.3, 0.4) is 0 Å². The van der Waals surface area contributed by atoms with Crippen molar-refractivity contribution in [3.8, 4) is 0 Å². The summed E-state index contributed by atoms with van der Waals surface area (Å²) in [6, 6.07) is 5.11. The maximum atomic E-state index is 12.7. The minimum absolute atomic E-state index is 0.314. The summed E-state index contributed by atoms with van der Waals surface area (Å²) in [7, 11) is 1.99. The highest BCUT2D eigenvalue weighted by atomic mass is 32.1. The van der Waals surface area contributed by atoms with Gasteiger partial charge in [0.25, 0.3) is 0 Å². The first-order chi connectivity index (χ1) is 10.3. The van der Waals surface area contributed by atoms with E-state index < -0.39 is 0 Å². The van der Waals surface area contributed by atoms with Crippen LogP contribution in [-0.2, 0) is 4.79 Å². The molecule has 116 valence electrons. The van der Waals surface area contributed by atoms with Crippen molar-refractivity contribution in [2.75, 3.05) is 33.2 Å². The summed E-state index contributed by atoms with van der Waals surface area (Å²) in [5.41, 5.74) is 0. The molecule has 1 aromatic rings. The first-order valence-electron chi connectivity index (χ1n) is 8.01. The second-order valence-electron chi connectivity index (χ2n) is 6.08. The first-order valence-corrected chi connectivity index (χ1v) is 8.89. The van der Waals surface area contributed by atoms with Crippen molar-refractivity contribution in [3.63, 3.8) is 0 Å². The molecule has 1 N–H and O–H groups in total. The Morgan fingerprint density at radius 3 is 3.00 bits per heavy atom. The lowest BCUT2D eigenvalue weighted by Gasteiger charge is -2.29. The second kappa shape index (κ2) is 6.90. The van der Waals surface area contributed by atoms with Gasteiger partial charge in [0.15, 0.2) is 0 Å². The number of rotatable bonds is 5. The van der Waals surface area contributed by atoms with Crippen LogP contribution in [-0.4, -0.2) is 55.0 Å². The van der Waals surface area contributed by atoms with Gasteiger partial charge in [0.05, 0.1) is 12.6 Å². The zero-order valence-corrected chi connectivity index (χ0v) is 13.6. The summed E-state index contributed by atoms with van der Waals surface area (Å²) in [4.78, 5) is 18.5. The number of thiophene rings is 1. The lowest BCUT2D eigenvalue weighted by atomic mass is 10.2. The SMILES string of the molecule is CNCC1CCCN1CC(=O)N1CCCC1c1cccs1. The average molecular weight is 307 g/mol. The molecular formula is C16H25N3OS. The Morgan fingerprint density at radius 1 is 1.38 bits per heavy atom. The van der Waals surface area contributed by atoms with Gasteiger partial charge in [-0.3, -0.25) is 9.69 Å². The minimum atomic E-state index is 0.314. The van der Waals surface area contributed by atoms with Crippen LogP contribution in [0.25, 0.3) is 0 Å². The van der Waals surface area contributed by atoms with E-state index in [2.05, 4.69) is 32.6 Å². The molecule has 2 atom stereocenters. The molecule has 2 saturated heterocycles. The molecule has 5 heteroatoms. The fourth-order valence-corrected chi connectivity index (χ4v) is 4.55. The van der Waals surface area contributed by atoms with Gasteiger partial charge in [-0.15, -0.1) is 11.3 Å². The number of carbonyl (C=O) groups excluding carboxylic acids is 1. The molecule has 4 nitrogen and oxygen atoms in total. The summed E-state index contributed by atoms with van der Waals surface area (Å²) >= 11 is 1.78. The predicted molar refractivity (Wildman–Crippen MR) is 86.5 cm³/mol. The summed E-state index contributed by atoms with van der Waals surface area (Å²) in [5, 5.41) is 5.36. The third-order valence-corrected chi connectivity index (χ3v) is 5.70. The summed E-state index contributed by atoms with van der Waals surface area (Å²) < 4.78 is 0. The Morgan fingerprint density at radius 2 is 2.24 bits per heavy atom. The van der Waals surface area contributed by atoms with Gasteiger partial charge in [-0.1, -0.05) is 6.07 Å². The van der Waals surface area contributed by atoms with E-state index in [0.29, 0.717) is 24.5 Å². The van der Waals surface area contributed by atoms with Crippen LogP contribution in [0.1, 0.15) is 36.6 Å². The second-order valence-corrected chi connectivity index (χ2v) is 7.06. The number of likely N-dealkylation sites (N-methyl/N-ethyl adjacent to an activating group) is 1. The molecule has 3 rings (SSSR count). The molecule has 0 aromatic carbocycles. The predicted octanol–water partition coefficient (Wildman–Crippen LogP) is 2.10. The molecule has 2 unspecified atom stereocenters. The third kappa shape index (κ3) is 3.30. The third-order valence-electron chi connectivity index (χ3n) is 4.72. The molecule has 2 fully saturated rings. The first kappa shape index (κ1) is 15.0. The molecule has 21 heavy (non-hydrogen) atoms. The number of nitrogens with one attached hydrogen (secondary N) is 1. The Kier molecular flexibility index (Phi) is 4.93. The number of hydrogen-bond donors (Lipinski definition) is 1. The quantitative estimate of drug-likeness (QED) is 0.905. The van der Waals surface area contributed by atoms with Crippen molar-refractivity contribution in [2.45, 2.75) is 37.8 Å². The highest BCUT2D eigenvalue weighted by molar-refractivity contribution is 7.10. The van der Waals surface area contributed by atoms with E-state index in [1.165, 1.54) is 17.7 Å². The lowest BCUT2D eigenvalue weighted by molar-refractivity contribution is -0.133. The topological polar surface area (TPSA) is 35.6 Å². The van der Waals surface area contributed by atoms with Crippen LogP contribution in [0.4, 0.5) is 0 Å². The van der Waals surface area contributed by atoms with E-state index in [1.807, 2.05) is 7.05 Å². The van der Waals surface area contributed by atoms with Crippen LogP contribution in [0.2, 0.25) is 0 Å². The monoisotopic (exact) mass is 307 g/mol.